The van der Waals surface area contributed by atoms with Gasteiger partial charge in [-0.2, -0.15) is 8.78 Å². The average molecular weight is 237 g/mol. The van der Waals surface area contributed by atoms with Gasteiger partial charge in [-0.05, 0) is 11.6 Å². The predicted octanol–water partition coefficient (Wildman–Crippen LogP) is 2.77. The highest BCUT2D eigenvalue weighted by Crippen LogP contribution is 2.29. The van der Waals surface area contributed by atoms with Crippen LogP contribution in [0.5, 0.6) is 0 Å². The third kappa shape index (κ3) is 2.71. The minimum Gasteiger partial charge on any atom is -0.392 e. The van der Waals surface area contributed by atoms with Crippen molar-refractivity contribution in [3.8, 4) is 0 Å². The molecule has 2 rings (SSSR count). The second kappa shape index (κ2) is 4.67. The molecular formula is C13H13F2NO. The summed E-state index contributed by atoms with van der Waals surface area (Å²) in [6.07, 6.45) is 3.07. The van der Waals surface area contributed by atoms with Crippen molar-refractivity contribution in [3.05, 3.63) is 59.9 Å². The summed E-state index contributed by atoms with van der Waals surface area (Å²) in [5.41, 5.74) is 0.633. The molecule has 1 aromatic heterocycles. The van der Waals surface area contributed by atoms with Gasteiger partial charge in [0.25, 0.3) is 5.92 Å². The highest BCUT2D eigenvalue weighted by molar-refractivity contribution is 5.20. The van der Waals surface area contributed by atoms with Crippen LogP contribution in [0.1, 0.15) is 11.1 Å². The fourth-order valence-electron chi connectivity index (χ4n) is 1.68. The number of rotatable bonds is 4. The minimum absolute atomic E-state index is 0.000696. The second-order valence-corrected chi connectivity index (χ2v) is 3.92. The molecule has 90 valence electrons. The van der Waals surface area contributed by atoms with Crippen LogP contribution in [0, 0.1) is 0 Å². The number of aliphatic hydroxyl groups is 1. The number of benzene rings is 1. The molecule has 0 radical (unpaired) electrons. The molecule has 0 atom stereocenters. The molecule has 0 saturated heterocycles. The molecule has 0 unspecified atom stereocenters. The third-order valence-corrected chi connectivity index (χ3v) is 2.57. The first-order chi connectivity index (χ1) is 8.12. The lowest BCUT2D eigenvalue weighted by Crippen LogP contribution is -2.20. The molecule has 0 bridgehead atoms. The quantitative estimate of drug-likeness (QED) is 0.869. The Hall–Kier alpha value is -1.68. The van der Waals surface area contributed by atoms with Gasteiger partial charge in [-0.25, -0.2) is 0 Å². The van der Waals surface area contributed by atoms with Crippen LogP contribution in [-0.2, 0) is 19.1 Å². The van der Waals surface area contributed by atoms with E-state index in [4.69, 9.17) is 5.11 Å². The summed E-state index contributed by atoms with van der Waals surface area (Å²) in [6, 6.07) is 9.35. The lowest BCUT2D eigenvalue weighted by molar-refractivity contribution is -0.0222. The van der Waals surface area contributed by atoms with Crippen molar-refractivity contribution in [2.75, 3.05) is 0 Å². The molecule has 0 saturated carbocycles. The van der Waals surface area contributed by atoms with Gasteiger partial charge in [-0.3, -0.25) is 0 Å². The smallest absolute Gasteiger partial charge is 0.290 e. The van der Waals surface area contributed by atoms with E-state index < -0.39 is 12.5 Å². The van der Waals surface area contributed by atoms with E-state index in [1.165, 1.54) is 22.9 Å². The van der Waals surface area contributed by atoms with Crippen LogP contribution >= 0.6 is 0 Å². The fourth-order valence-corrected chi connectivity index (χ4v) is 1.68. The maximum Gasteiger partial charge on any atom is 0.290 e. The van der Waals surface area contributed by atoms with Crippen LogP contribution < -0.4 is 0 Å². The Balaban J connectivity index is 2.17. The van der Waals surface area contributed by atoms with Crippen molar-refractivity contribution < 1.29 is 13.9 Å². The molecule has 1 N–H and O–H groups in total. The third-order valence-electron chi connectivity index (χ3n) is 2.57. The Morgan fingerprint density at radius 2 is 1.82 bits per heavy atom. The molecule has 4 heteroatoms. The monoisotopic (exact) mass is 237 g/mol. The van der Waals surface area contributed by atoms with Gasteiger partial charge in [0.05, 0.1) is 13.2 Å². The summed E-state index contributed by atoms with van der Waals surface area (Å²) >= 11 is 0. The van der Waals surface area contributed by atoms with E-state index in [0.29, 0.717) is 5.56 Å². The van der Waals surface area contributed by atoms with Crippen LogP contribution in [0.25, 0.3) is 0 Å². The molecule has 0 fully saturated rings. The van der Waals surface area contributed by atoms with Crippen LogP contribution in [0.2, 0.25) is 0 Å². The van der Waals surface area contributed by atoms with Crippen molar-refractivity contribution in [1.29, 1.82) is 0 Å². The summed E-state index contributed by atoms with van der Waals surface area (Å²) in [6.45, 7) is -0.555. The van der Waals surface area contributed by atoms with Gasteiger partial charge < -0.3 is 9.67 Å². The maximum atomic E-state index is 13.9. The molecule has 1 heterocycles. The Labute approximate surface area is 98.1 Å². The zero-order valence-electron chi connectivity index (χ0n) is 9.18. The molecule has 2 aromatic rings. The standard InChI is InChI=1S/C13H13F2NO/c14-13(15,12-4-2-1-3-5-12)10-16-7-6-11(8-16)9-17/h1-8,17H,9-10H2. The van der Waals surface area contributed by atoms with E-state index in [1.54, 1.807) is 30.5 Å². The zero-order chi connectivity index (χ0) is 12.3. The fraction of sp³-hybridized carbons (Fsp3) is 0.231. The molecule has 17 heavy (non-hydrogen) atoms. The number of aromatic nitrogens is 1. The SMILES string of the molecule is OCc1ccn(CC(F)(F)c2ccccc2)c1. The van der Waals surface area contributed by atoms with E-state index in [-0.39, 0.29) is 12.2 Å². The largest absolute Gasteiger partial charge is 0.392 e. The van der Waals surface area contributed by atoms with Gasteiger partial charge in [-0.15, -0.1) is 0 Å². The van der Waals surface area contributed by atoms with Crippen molar-refractivity contribution in [2.24, 2.45) is 0 Å². The molecular weight excluding hydrogens is 224 g/mol. The van der Waals surface area contributed by atoms with Crippen molar-refractivity contribution in [1.82, 2.24) is 4.57 Å². The van der Waals surface area contributed by atoms with E-state index >= 15 is 0 Å². The first kappa shape index (κ1) is 11.8. The van der Waals surface area contributed by atoms with Crippen LogP contribution in [0.15, 0.2) is 48.8 Å². The Bertz CT molecular complexity index is 479. The van der Waals surface area contributed by atoms with Crippen molar-refractivity contribution in [2.45, 2.75) is 19.1 Å². The first-order valence-corrected chi connectivity index (χ1v) is 5.31. The molecule has 0 amide bonds. The molecule has 0 spiro atoms. The lowest BCUT2D eigenvalue weighted by Gasteiger charge is -2.17. The number of aliphatic hydroxyl groups excluding tert-OH is 1. The first-order valence-electron chi connectivity index (χ1n) is 5.31. The van der Waals surface area contributed by atoms with Gasteiger partial charge in [0, 0.05) is 18.0 Å². The van der Waals surface area contributed by atoms with Crippen molar-refractivity contribution in [3.63, 3.8) is 0 Å². The summed E-state index contributed by atoms with van der Waals surface area (Å²) < 4.78 is 29.1. The average Bonchev–Trinajstić information content (AvgIpc) is 2.77. The topological polar surface area (TPSA) is 25.2 Å². The zero-order valence-corrected chi connectivity index (χ0v) is 9.18. The van der Waals surface area contributed by atoms with Gasteiger partial charge in [-0.1, -0.05) is 30.3 Å². The summed E-state index contributed by atoms with van der Waals surface area (Å²) in [7, 11) is 0. The number of halogens is 2. The van der Waals surface area contributed by atoms with Crippen molar-refractivity contribution >= 4 is 0 Å². The summed E-state index contributed by atoms with van der Waals surface area (Å²) in [4.78, 5) is 0. The lowest BCUT2D eigenvalue weighted by atomic mass is 10.1. The Morgan fingerprint density at radius 3 is 2.41 bits per heavy atom. The Morgan fingerprint density at radius 1 is 1.12 bits per heavy atom. The van der Waals surface area contributed by atoms with Gasteiger partial charge in [0.15, 0.2) is 0 Å². The molecule has 0 aliphatic carbocycles. The van der Waals surface area contributed by atoms with E-state index in [0.717, 1.165) is 0 Å². The number of hydrogen-bond donors (Lipinski definition) is 1. The second-order valence-electron chi connectivity index (χ2n) is 3.92. The normalized spacial score (nSPS) is 11.7. The van der Waals surface area contributed by atoms with Crippen LogP contribution in [0.3, 0.4) is 0 Å². The Kier molecular flexibility index (Phi) is 3.24. The highest BCUT2D eigenvalue weighted by atomic mass is 19.3. The van der Waals surface area contributed by atoms with E-state index in [2.05, 4.69) is 0 Å². The van der Waals surface area contributed by atoms with E-state index in [1.807, 2.05) is 0 Å². The summed E-state index contributed by atoms with van der Waals surface area (Å²) in [5.74, 6) is -2.91. The number of hydrogen-bond acceptors (Lipinski definition) is 1. The maximum absolute atomic E-state index is 13.9. The van der Waals surface area contributed by atoms with Crippen LogP contribution in [-0.4, -0.2) is 9.67 Å². The van der Waals surface area contributed by atoms with Gasteiger partial charge in [0.1, 0.15) is 0 Å². The minimum atomic E-state index is -2.91. The summed E-state index contributed by atoms with van der Waals surface area (Å²) in [5, 5.41) is 8.87. The molecule has 2 nitrogen and oxygen atoms in total. The molecule has 0 aliphatic heterocycles. The predicted molar refractivity (Wildman–Crippen MR) is 60.7 cm³/mol. The van der Waals surface area contributed by atoms with Gasteiger partial charge >= 0.3 is 0 Å². The molecule has 1 aromatic carbocycles. The van der Waals surface area contributed by atoms with Crippen LogP contribution in [0.4, 0.5) is 8.78 Å². The molecule has 0 aliphatic rings. The van der Waals surface area contributed by atoms with E-state index in [9.17, 15) is 8.78 Å². The highest BCUT2D eigenvalue weighted by Gasteiger charge is 2.31. The van der Waals surface area contributed by atoms with Gasteiger partial charge in [0.2, 0.25) is 0 Å². The number of alkyl halides is 2. The number of nitrogens with zero attached hydrogens (tertiary/aromatic N) is 1.